The molecule has 1 amide bonds. The van der Waals surface area contributed by atoms with Crippen molar-refractivity contribution < 1.29 is 9.53 Å². The average molecular weight is 359 g/mol. The Morgan fingerprint density at radius 3 is 2.92 bits per heavy atom. The molecule has 4 rings (SSSR count). The van der Waals surface area contributed by atoms with E-state index < -0.39 is 0 Å². The molecule has 1 aromatic heterocycles. The van der Waals surface area contributed by atoms with Gasteiger partial charge in [0, 0.05) is 25.1 Å². The minimum atomic E-state index is 0.222. The molecule has 1 unspecified atom stereocenters. The smallest absolute Gasteiger partial charge is 0.242 e. The van der Waals surface area contributed by atoms with Crippen LogP contribution in [0, 0.1) is 5.92 Å². The number of ether oxygens (including phenoxy) is 1. The van der Waals surface area contributed by atoms with Crippen LogP contribution in [0.15, 0.2) is 24.3 Å². The van der Waals surface area contributed by atoms with Gasteiger partial charge in [0.15, 0.2) is 0 Å². The summed E-state index contributed by atoms with van der Waals surface area (Å²) in [5.41, 5.74) is 2.03. The topological polar surface area (TPSA) is 47.4 Å². The fraction of sp³-hybridized carbons (Fsp3) is 0.579. The molecule has 1 aliphatic carbocycles. The number of nitrogens with zero attached hydrogens (tertiary/aromatic N) is 3. The summed E-state index contributed by atoms with van der Waals surface area (Å²) in [6.45, 7) is 2.86. The van der Waals surface area contributed by atoms with Crippen LogP contribution in [0.5, 0.6) is 0 Å². The molecule has 134 valence electrons. The molecule has 1 saturated heterocycles. The Labute approximate surface area is 152 Å². The van der Waals surface area contributed by atoms with E-state index in [2.05, 4.69) is 21.8 Å². The average Bonchev–Trinajstić information content (AvgIpc) is 3.22. The van der Waals surface area contributed by atoms with Crippen LogP contribution in [0.1, 0.15) is 25.1 Å². The van der Waals surface area contributed by atoms with E-state index in [-0.39, 0.29) is 5.91 Å². The van der Waals surface area contributed by atoms with E-state index in [0.717, 1.165) is 61.6 Å². The molecule has 0 bridgehead atoms. The number of para-hydroxylation sites is 2. The number of aromatic nitrogens is 2. The van der Waals surface area contributed by atoms with Crippen LogP contribution in [0.4, 0.5) is 0 Å². The fourth-order valence-electron chi connectivity index (χ4n) is 3.61. The van der Waals surface area contributed by atoms with Crippen molar-refractivity contribution in [1.82, 2.24) is 14.5 Å². The molecule has 2 heterocycles. The van der Waals surface area contributed by atoms with E-state index >= 15 is 0 Å². The molecule has 25 heavy (non-hydrogen) atoms. The standard InChI is InChI=1S/C19H25N3O2S/c1-25-13-18-20-16-4-2-3-5-17(16)22(18)11-19(23)21(15-6-7-15)10-14-8-9-24-12-14/h2-5,14-15H,6-13H2,1H3. The molecule has 6 heteroatoms. The molecule has 1 atom stereocenters. The zero-order valence-corrected chi connectivity index (χ0v) is 15.5. The molecule has 2 aromatic rings. The summed E-state index contributed by atoms with van der Waals surface area (Å²) in [6.07, 6.45) is 5.42. The SMILES string of the molecule is CSCc1nc2ccccc2n1CC(=O)N(CC1CCOC1)C1CC1. The number of amides is 1. The summed E-state index contributed by atoms with van der Waals surface area (Å²) in [6, 6.07) is 8.54. The Hall–Kier alpha value is -1.53. The van der Waals surface area contributed by atoms with E-state index in [1.807, 2.05) is 18.2 Å². The maximum atomic E-state index is 13.1. The highest BCUT2D eigenvalue weighted by Gasteiger charge is 2.35. The van der Waals surface area contributed by atoms with Crippen molar-refractivity contribution in [2.45, 2.75) is 37.6 Å². The van der Waals surface area contributed by atoms with Crippen LogP contribution in [-0.4, -0.2) is 52.4 Å². The number of carbonyl (C=O) groups excluding carboxylic acids is 1. The van der Waals surface area contributed by atoms with Crippen LogP contribution < -0.4 is 0 Å². The lowest BCUT2D eigenvalue weighted by atomic mass is 10.1. The highest BCUT2D eigenvalue weighted by molar-refractivity contribution is 7.97. The summed E-state index contributed by atoms with van der Waals surface area (Å²) >= 11 is 1.74. The predicted octanol–water partition coefficient (Wildman–Crippen LogP) is 2.93. The van der Waals surface area contributed by atoms with Crippen molar-refractivity contribution >= 4 is 28.7 Å². The quantitative estimate of drug-likeness (QED) is 0.763. The Balaban J connectivity index is 1.56. The molecule has 2 aliphatic rings. The number of carbonyl (C=O) groups is 1. The van der Waals surface area contributed by atoms with Gasteiger partial charge in [-0.15, -0.1) is 0 Å². The molecule has 0 radical (unpaired) electrons. The number of benzene rings is 1. The monoisotopic (exact) mass is 359 g/mol. The molecule has 1 aliphatic heterocycles. The highest BCUT2D eigenvalue weighted by atomic mass is 32.2. The van der Waals surface area contributed by atoms with E-state index in [1.165, 1.54) is 0 Å². The van der Waals surface area contributed by atoms with E-state index in [1.54, 1.807) is 11.8 Å². The Bertz CT molecular complexity index is 750. The van der Waals surface area contributed by atoms with Gasteiger partial charge in [-0.3, -0.25) is 4.79 Å². The largest absolute Gasteiger partial charge is 0.381 e. The molecular weight excluding hydrogens is 334 g/mol. The van der Waals surface area contributed by atoms with Gasteiger partial charge >= 0.3 is 0 Å². The first kappa shape index (κ1) is 16.9. The molecule has 0 N–H and O–H groups in total. The second-order valence-electron chi connectivity index (χ2n) is 7.04. The van der Waals surface area contributed by atoms with Crippen molar-refractivity contribution in [2.24, 2.45) is 5.92 Å². The van der Waals surface area contributed by atoms with Crippen molar-refractivity contribution in [1.29, 1.82) is 0 Å². The van der Waals surface area contributed by atoms with Gasteiger partial charge in [-0.25, -0.2) is 4.98 Å². The Kier molecular flexibility index (Phi) is 4.99. The van der Waals surface area contributed by atoms with Gasteiger partial charge in [0.2, 0.25) is 5.91 Å². The second-order valence-corrected chi connectivity index (χ2v) is 7.91. The molecule has 0 spiro atoms. The van der Waals surface area contributed by atoms with Crippen LogP contribution in [-0.2, 0) is 21.8 Å². The lowest BCUT2D eigenvalue weighted by Crippen LogP contribution is -2.39. The van der Waals surface area contributed by atoms with Crippen molar-refractivity contribution in [3.63, 3.8) is 0 Å². The summed E-state index contributed by atoms with van der Waals surface area (Å²) in [5.74, 6) is 2.53. The van der Waals surface area contributed by atoms with Crippen molar-refractivity contribution in [3.8, 4) is 0 Å². The number of rotatable bonds is 7. The normalized spacial score (nSPS) is 20.3. The summed E-state index contributed by atoms with van der Waals surface area (Å²) in [4.78, 5) is 19.9. The molecule has 1 aromatic carbocycles. The van der Waals surface area contributed by atoms with Gasteiger partial charge in [-0.2, -0.15) is 11.8 Å². The van der Waals surface area contributed by atoms with Gasteiger partial charge in [-0.05, 0) is 37.7 Å². The number of imidazole rings is 1. The Morgan fingerprint density at radius 2 is 2.20 bits per heavy atom. The van der Waals surface area contributed by atoms with Crippen molar-refractivity contribution in [3.05, 3.63) is 30.1 Å². The third kappa shape index (κ3) is 3.70. The maximum absolute atomic E-state index is 13.1. The Morgan fingerprint density at radius 1 is 1.36 bits per heavy atom. The first-order chi connectivity index (χ1) is 12.3. The minimum absolute atomic E-state index is 0.222. The molecule has 1 saturated carbocycles. The zero-order chi connectivity index (χ0) is 17.2. The van der Waals surface area contributed by atoms with Gasteiger partial charge in [0.1, 0.15) is 12.4 Å². The lowest BCUT2D eigenvalue weighted by molar-refractivity contribution is -0.133. The van der Waals surface area contributed by atoms with Crippen molar-refractivity contribution in [2.75, 3.05) is 26.0 Å². The van der Waals surface area contributed by atoms with Gasteiger partial charge in [0.25, 0.3) is 0 Å². The predicted molar refractivity (Wildman–Crippen MR) is 101 cm³/mol. The summed E-state index contributed by atoms with van der Waals surface area (Å²) < 4.78 is 7.60. The molecule has 2 fully saturated rings. The highest BCUT2D eigenvalue weighted by Crippen LogP contribution is 2.30. The van der Waals surface area contributed by atoms with Crippen LogP contribution in [0.25, 0.3) is 11.0 Å². The van der Waals surface area contributed by atoms with Crippen LogP contribution in [0.3, 0.4) is 0 Å². The van der Waals surface area contributed by atoms with Crippen LogP contribution in [0.2, 0.25) is 0 Å². The third-order valence-electron chi connectivity index (χ3n) is 5.09. The number of thioether (sulfide) groups is 1. The number of hydrogen-bond acceptors (Lipinski definition) is 4. The summed E-state index contributed by atoms with van der Waals surface area (Å²) in [5, 5.41) is 0. The number of hydrogen-bond donors (Lipinski definition) is 0. The zero-order valence-electron chi connectivity index (χ0n) is 14.7. The number of fused-ring (bicyclic) bond motifs is 1. The third-order valence-corrected chi connectivity index (χ3v) is 5.63. The maximum Gasteiger partial charge on any atom is 0.242 e. The fourth-order valence-corrected chi connectivity index (χ4v) is 4.09. The summed E-state index contributed by atoms with van der Waals surface area (Å²) in [7, 11) is 0. The molecule has 5 nitrogen and oxygen atoms in total. The van der Waals surface area contributed by atoms with Gasteiger partial charge in [-0.1, -0.05) is 12.1 Å². The second kappa shape index (κ2) is 7.38. The van der Waals surface area contributed by atoms with Gasteiger partial charge < -0.3 is 14.2 Å². The van der Waals surface area contributed by atoms with Crippen LogP contribution >= 0.6 is 11.8 Å². The minimum Gasteiger partial charge on any atom is -0.381 e. The van der Waals surface area contributed by atoms with E-state index in [0.29, 0.717) is 18.5 Å². The van der Waals surface area contributed by atoms with E-state index in [9.17, 15) is 4.79 Å². The molecular formula is C19H25N3O2S. The van der Waals surface area contributed by atoms with E-state index in [4.69, 9.17) is 9.72 Å². The van der Waals surface area contributed by atoms with Gasteiger partial charge in [0.05, 0.1) is 23.4 Å². The lowest BCUT2D eigenvalue weighted by Gasteiger charge is -2.26. The first-order valence-electron chi connectivity index (χ1n) is 9.06. The first-order valence-corrected chi connectivity index (χ1v) is 10.5.